The number of hydrogen-bond donors (Lipinski definition) is 0. The molecule has 0 radical (unpaired) electrons. The van der Waals surface area contributed by atoms with Gasteiger partial charge in [-0.25, -0.2) is 18.8 Å². The van der Waals surface area contributed by atoms with Gasteiger partial charge in [0.1, 0.15) is 18.2 Å². The second-order valence-electron chi connectivity index (χ2n) is 9.63. The van der Waals surface area contributed by atoms with E-state index in [2.05, 4.69) is 27.0 Å². The molecule has 2 atom stereocenters. The third kappa shape index (κ3) is 5.67. The Labute approximate surface area is 227 Å². The van der Waals surface area contributed by atoms with Gasteiger partial charge in [0.05, 0.1) is 24.4 Å². The van der Waals surface area contributed by atoms with Gasteiger partial charge in [-0.1, -0.05) is 18.2 Å². The fourth-order valence-electron chi connectivity index (χ4n) is 4.72. The van der Waals surface area contributed by atoms with Gasteiger partial charge in [0.25, 0.3) is 0 Å². The highest BCUT2D eigenvalue weighted by Gasteiger charge is 2.23. The van der Waals surface area contributed by atoms with Gasteiger partial charge in [-0.2, -0.15) is 5.10 Å². The average molecular weight is 528 g/mol. The molecule has 1 saturated heterocycles. The van der Waals surface area contributed by atoms with E-state index in [9.17, 15) is 9.59 Å². The summed E-state index contributed by atoms with van der Waals surface area (Å²) in [6, 6.07) is 24.5. The minimum absolute atomic E-state index is 0.286. The topological polar surface area (TPSA) is 81.8 Å². The molecule has 0 saturated carbocycles. The van der Waals surface area contributed by atoms with E-state index in [4.69, 9.17) is 9.47 Å². The van der Waals surface area contributed by atoms with E-state index in [0.717, 1.165) is 43.3 Å². The third-order valence-electron chi connectivity index (χ3n) is 7.27. The van der Waals surface area contributed by atoms with Crippen LogP contribution < -0.4 is 20.2 Å². The number of piperazine rings is 1. The summed E-state index contributed by atoms with van der Waals surface area (Å²) in [6.45, 7) is 7.23. The Kier molecular flexibility index (Phi) is 7.67. The van der Waals surface area contributed by atoms with Crippen LogP contribution >= 0.6 is 0 Å². The van der Waals surface area contributed by atoms with Crippen molar-refractivity contribution in [2.75, 3.05) is 43.1 Å². The minimum atomic E-state index is -0.544. The van der Waals surface area contributed by atoms with Crippen molar-refractivity contribution in [3.63, 3.8) is 0 Å². The van der Waals surface area contributed by atoms with Crippen LogP contribution in [0.15, 0.2) is 90.0 Å². The summed E-state index contributed by atoms with van der Waals surface area (Å²) in [5.74, 6) is 0.431. The standard InChI is InChI=1S/C30H33N5O4/c1-22(23(2)39-29(36)24-7-5-4-6-8-24)35-30(37)34(21-31-35)27-11-9-25(10-12-27)32-17-19-33(20-18-32)26-13-15-28(38-3)16-14-26/h4-16,21-23H,17-20H2,1-3H3/t22-,23-/m0/s1. The maximum atomic E-state index is 13.2. The summed E-state index contributed by atoms with van der Waals surface area (Å²) in [4.78, 5) is 30.3. The first-order valence-corrected chi connectivity index (χ1v) is 13.1. The Morgan fingerprint density at radius 2 is 1.33 bits per heavy atom. The van der Waals surface area contributed by atoms with Gasteiger partial charge in [0, 0.05) is 37.6 Å². The Hall–Kier alpha value is -4.53. The maximum Gasteiger partial charge on any atom is 0.350 e. The Balaban J connectivity index is 1.21. The number of anilines is 2. The van der Waals surface area contributed by atoms with E-state index in [0.29, 0.717) is 5.56 Å². The molecule has 202 valence electrons. The van der Waals surface area contributed by atoms with Crippen molar-refractivity contribution in [1.29, 1.82) is 0 Å². The van der Waals surface area contributed by atoms with Crippen molar-refractivity contribution in [3.05, 3.63) is 101 Å². The predicted octanol–water partition coefficient (Wildman–Crippen LogP) is 4.18. The quantitative estimate of drug-likeness (QED) is 0.318. The molecule has 3 aromatic carbocycles. The first-order valence-electron chi connectivity index (χ1n) is 13.1. The number of aromatic nitrogens is 3. The van der Waals surface area contributed by atoms with E-state index >= 15 is 0 Å². The van der Waals surface area contributed by atoms with Gasteiger partial charge >= 0.3 is 11.7 Å². The molecule has 1 fully saturated rings. The van der Waals surface area contributed by atoms with Crippen molar-refractivity contribution in [3.8, 4) is 11.4 Å². The van der Waals surface area contributed by atoms with Crippen molar-refractivity contribution in [1.82, 2.24) is 14.3 Å². The van der Waals surface area contributed by atoms with E-state index in [1.165, 1.54) is 21.3 Å². The number of esters is 1. The van der Waals surface area contributed by atoms with Gasteiger partial charge in [0.2, 0.25) is 0 Å². The normalized spacial score (nSPS) is 15.1. The molecule has 0 N–H and O–H groups in total. The largest absolute Gasteiger partial charge is 0.497 e. The lowest BCUT2D eigenvalue weighted by molar-refractivity contribution is 0.0216. The number of carbonyl (C=O) groups excluding carboxylic acids is 1. The third-order valence-corrected chi connectivity index (χ3v) is 7.27. The van der Waals surface area contributed by atoms with Crippen LogP contribution in [0.1, 0.15) is 30.2 Å². The Morgan fingerprint density at radius 3 is 1.90 bits per heavy atom. The second-order valence-corrected chi connectivity index (χ2v) is 9.63. The highest BCUT2D eigenvalue weighted by Crippen LogP contribution is 2.24. The Bertz CT molecular complexity index is 1440. The molecular formula is C30H33N5O4. The maximum absolute atomic E-state index is 13.2. The predicted molar refractivity (Wildman–Crippen MR) is 151 cm³/mol. The lowest BCUT2D eigenvalue weighted by Crippen LogP contribution is -2.46. The molecule has 9 heteroatoms. The van der Waals surface area contributed by atoms with Gasteiger partial charge in [-0.05, 0) is 74.5 Å². The number of hydrogen-bond acceptors (Lipinski definition) is 7. The second kappa shape index (κ2) is 11.5. The van der Waals surface area contributed by atoms with Crippen LogP contribution in [0.3, 0.4) is 0 Å². The molecule has 1 aliphatic rings. The molecule has 0 spiro atoms. The molecule has 5 rings (SSSR count). The molecule has 39 heavy (non-hydrogen) atoms. The minimum Gasteiger partial charge on any atom is -0.497 e. The molecule has 1 aromatic heterocycles. The van der Waals surface area contributed by atoms with Crippen LogP contribution in [0.5, 0.6) is 5.75 Å². The van der Waals surface area contributed by atoms with Crippen molar-refractivity contribution >= 4 is 17.3 Å². The van der Waals surface area contributed by atoms with Crippen molar-refractivity contribution in [2.24, 2.45) is 0 Å². The van der Waals surface area contributed by atoms with Crippen molar-refractivity contribution < 1.29 is 14.3 Å². The molecule has 1 aliphatic heterocycles. The first kappa shape index (κ1) is 26.1. The lowest BCUT2D eigenvalue weighted by atomic mass is 10.2. The highest BCUT2D eigenvalue weighted by atomic mass is 16.5. The first-order chi connectivity index (χ1) is 18.9. The smallest absolute Gasteiger partial charge is 0.350 e. The van der Waals surface area contributed by atoms with Crippen LogP contribution in [0.2, 0.25) is 0 Å². The number of methoxy groups -OCH3 is 1. The summed E-state index contributed by atoms with van der Waals surface area (Å²) >= 11 is 0. The van der Waals surface area contributed by atoms with Gasteiger partial charge in [-0.15, -0.1) is 0 Å². The zero-order valence-electron chi connectivity index (χ0n) is 22.4. The summed E-state index contributed by atoms with van der Waals surface area (Å²) in [7, 11) is 1.68. The summed E-state index contributed by atoms with van der Waals surface area (Å²) in [6.07, 6.45) is 0.963. The van der Waals surface area contributed by atoms with Crippen LogP contribution in [-0.2, 0) is 4.74 Å². The van der Waals surface area contributed by atoms with E-state index in [-0.39, 0.29) is 5.69 Å². The van der Waals surface area contributed by atoms with Gasteiger partial charge < -0.3 is 19.3 Å². The molecule has 0 amide bonds. The highest BCUT2D eigenvalue weighted by molar-refractivity contribution is 5.89. The molecule has 0 bridgehead atoms. The number of rotatable bonds is 8. The molecular weight excluding hydrogens is 494 g/mol. The zero-order chi connectivity index (χ0) is 27.4. The molecule has 0 aliphatic carbocycles. The molecule has 9 nitrogen and oxygen atoms in total. The van der Waals surface area contributed by atoms with E-state index in [1.54, 1.807) is 38.3 Å². The van der Waals surface area contributed by atoms with Crippen LogP contribution in [0.25, 0.3) is 5.69 Å². The lowest BCUT2D eigenvalue weighted by Gasteiger charge is -2.37. The average Bonchev–Trinajstić information content (AvgIpc) is 3.38. The van der Waals surface area contributed by atoms with Crippen LogP contribution in [-0.4, -0.2) is 59.7 Å². The summed E-state index contributed by atoms with van der Waals surface area (Å²) < 4.78 is 13.7. The number of ether oxygens (including phenoxy) is 2. The monoisotopic (exact) mass is 527 g/mol. The molecule has 0 unspecified atom stereocenters. The Morgan fingerprint density at radius 1 is 0.795 bits per heavy atom. The SMILES string of the molecule is COc1ccc(N2CCN(c3ccc(-n4cnn([C@@H](C)[C@H](C)OC(=O)c5ccccc5)c4=O)cc3)CC2)cc1. The fourth-order valence-corrected chi connectivity index (χ4v) is 4.72. The summed E-state index contributed by atoms with van der Waals surface area (Å²) in [5, 5.41) is 4.31. The van der Waals surface area contributed by atoms with Crippen LogP contribution in [0.4, 0.5) is 11.4 Å². The van der Waals surface area contributed by atoms with Crippen molar-refractivity contribution in [2.45, 2.75) is 26.0 Å². The number of carbonyl (C=O) groups is 1. The molecule has 2 heterocycles. The van der Waals surface area contributed by atoms with Gasteiger partial charge in [0.15, 0.2) is 0 Å². The van der Waals surface area contributed by atoms with Gasteiger partial charge in [-0.3, -0.25) is 0 Å². The zero-order valence-corrected chi connectivity index (χ0v) is 22.4. The van der Waals surface area contributed by atoms with E-state index in [1.807, 2.05) is 49.4 Å². The summed E-state index contributed by atoms with van der Waals surface area (Å²) in [5.41, 5.74) is 3.22. The van der Waals surface area contributed by atoms with E-state index < -0.39 is 18.1 Å². The molecule has 4 aromatic rings. The number of nitrogens with zero attached hydrogens (tertiary/aromatic N) is 5. The van der Waals surface area contributed by atoms with Crippen LogP contribution in [0, 0.1) is 0 Å². The number of benzene rings is 3. The fraction of sp³-hybridized carbons (Fsp3) is 0.300.